The molecule has 0 aliphatic carbocycles. The van der Waals surface area contributed by atoms with E-state index < -0.39 is 6.10 Å². The molecule has 0 heterocycles. The van der Waals surface area contributed by atoms with Crippen molar-refractivity contribution in [3.05, 3.63) is 35.4 Å². The van der Waals surface area contributed by atoms with Crippen LogP contribution in [0, 0.1) is 23.7 Å². The molecule has 0 saturated carbocycles. The minimum absolute atomic E-state index is 0.273. The monoisotopic (exact) mass is 171 g/mol. The maximum absolute atomic E-state index is 9.49. The smallest absolute Gasteiger partial charge is 0.0991 e. The number of nitrogens with zero attached hydrogens (tertiary/aromatic N) is 1. The maximum atomic E-state index is 9.49. The fraction of sp³-hybridized carbons (Fsp3) is 0.182. The van der Waals surface area contributed by atoms with Gasteiger partial charge in [0.15, 0.2) is 0 Å². The summed E-state index contributed by atoms with van der Waals surface area (Å²) in [7, 11) is 0. The molecular weight excluding hydrogens is 162 g/mol. The zero-order chi connectivity index (χ0) is 9.68. The maximum Gasteiger partial charge on any atom is 0.0991 e. The zero-order valence-electron chi connectivity index (χ0n) is 7.07. The van der Waals surface area contributed by atoms with Crippen LogP contribution in [0.25, 0.3) is 0 Å². The number of hydrogen-bond acceptors (Lipinski definition) is 2. The van der Waals surface area contributed by atoms with E-state index in [1.807, 2.05) is 6.07 Å². The highest BCUT2D eigenvalue weighted by Gasteiger charge is 2.05. The molecule has 0 bridgehead atoms. The summed E-state index contributed by atoms with van der Waals surface area (Å²) < 4.78 is 0. The van der Waals surface area contributed by atoms with Gasteiger partial charge in [-0.25, -0.2) is 0 Å². The standard InChI is InChI=1S/C11H9NO/c1-2-4-11(13)10-6-3-5-9(7-10)8-12/h1,3,5-7,11,13H,4H2. The third-order valence-corrected chi connectivity index (χ3v) is 1.71. The summed E-state index contributed by atoms with van der Waals surface area (Å²) in [6.07, 6.45) is 4.67. The number of nitriles is 1. The molecule has 0 radical (unpaired) electrons. The van der Waals surface area contributed by atoms with E-state index in [2.05, 4.69) is 5.92 Å². The molecule has 13 heavy (non-hydrogen) atoms. The van der Waals surface area contributed by atoms with E-state index in [9.17, 15) is 5.11 Å². The van der Waals surface area contributed by atoms with Crippen molar-refractivity contribution >= 4 is 0 Å². The van der Waals surface area contributed by atoms with Crippen LogP contribution in [0.3, 0.4) is 0 Å². The van der Waals surface area contributed by atoms with Gasteiger partial charge in [0.1, 0.15) is 0 Å². The second kappa shape index (κ2) is 4.30. The molecule has 1 unspecified atom stereocenters. The largest absolute Gasteiger partial charge is 0.387 e. The van der Waals surface area contributed by atoms with Crippen molar-refractivity contribution in [3.8, 4) is 18.4 Å². The topological polar surface area (TPSA) is 44.0 Å². The van der Waals surface area contributed by atoms with Crippen LogP contribution < -0.4 is 0 Å². The number of rotatable bonds is 2. The first-order chi connectivity index (χ1) is 6.27. The number of aliphatic hydroxyl groups excluding tert-OH is 1. The molecule has 1 aromatic carbocycles. The molecule has 0 fully saturated rings. The van der Waals surface area contributed by atoms with E-state index in [0.29, 0.717) is 11.1 Å². The lowest BCUT2D eigenvalue weighted by molar-refractivity contribution is 0.184. The Morgan fingerprint density at radius 3 is 2.92 bits per heavy atom. The number of terminal acetylenes is 1. The summed E-state index contributed by atoms with van der Waals surface area (Å²) in [5, 5.41) is 18.1. The summed E-state index contributed by atoms with van der Waals surface area (Å²) in [4.78, 5) is 0. The Balaban J connectivity index is 2.91. The Bertz CT molecular complexity index is 370. The fourth-order valence-electron chi connectivity index (χ4n) is 1.04. The summed E-state index contributed by atoms with van der Waals surface area (Å²) in [6.45, 7) is 0. The average Bonchev–Trinajstić information content (AvgIpc) is 2.18. The van der Waals surface area contributed by atoms with Crippen LogP contribution in [0.5, 0.6) is 0 Å². The van der Waals surface area contributed by atoms with Crippen LogP contribution in [0.1, 0.15) is 23.7 Å². The third kappa shape index (κ3) is 2.33. The van der Waals surface area contributed by atoms with E-state index in [0.717, 1.165) is 0 Å². The summed E-state index contributed by atoms with van der Waals surface area (Å²) >= 11 is 0. The van der Waals surface area contributed by atoms with Crippen LogP contribution in [0.4, 0.5) is 0 Å². The first-order valence-corrected chi connectivity index (χ1v) is 3.89. The van der Waals surface area contributed by atoms with Gasteiger partial charge in [-0.3, -0.25) is 0 Å². The highest BCUT2D eigenvalue weighted by Crippen LogP contribution is 2.16. The molecular formula is C11H9NO. The SMILES string of the molecule is C#CCC(O)c1cccc(C#N)c1. The molecule has 0 amide bonds. The quantitative estimate of drug-likeness (QED) is 0.687. The lowest BCUT2D eigenvalue weighted by Gasteiger charge is -2.06. The van der Waals surface area contributed by atoms with E-state index in [-0.39, 0.29) is 6.42 Å². The normalized spacial score (nSPS) is 11.3. The van der Waals surface area contributed by atoms with Gasteiger partial charge in [-0.2, -0.15) is 5.26 Å². The molecule has 1 rings (SSSR count). The average molecular weight is 171 g/mol. The highest BCUT2D eigenvalue weighted by molar-refractivity contribution is 5.33. The molecule has 0 aliphatic rings. The summed E-state index contributed by atoms with van der Waals surface area (Å²) in [5.74, 6) is 2.37. The van der Waals surface area contributed by atoms with Gasteiger partial charge < -0.3 is 5.11 Å². The van der Waals surface area contributed by atoms with Crippen LogP contribution in [0.15, 0.2) is 24.3 Å². The van der Waals surface area contributed by atoms with Gasteiger partial charge in [-0.05, 0) is 17.7 Å². The Kier molecular flexibility index (Phi) is 3.09. The molecule has 0 spiro atoms. The first-order valence-electron chi connectivity index (χ1n) is 3.89. The van der Waals surface area contributed by atoms with Crippen molar-refractivity contribution in [2.45, 2.75) is 12.5 Å². The van der Waals surface area contributed by atoms with E-state index in [1.165, 1.54) is 0 Å². The third-order valence-electron chi connectivity index (χ3n) is 1.71. The molecule has 1 aromatic rings. The molecule has 64 valence electrons. The molecule has 0 saturated heterocycles. The van der Waals surface area contributed by atoms with Gasteiger partial charge in [0.2, 0.25) is 0 Å². The zero-order valence-corrected chi connectivity index (χ0v) is 7.07. The van der Waals surface area contributed by atoms with Crippen LogP contribution in [0.2, 0.25) is 0 Å². The first kappa shape index (κ1) is 9.32. The van der Waals surface area contributed by atoms with Crippen molar-refractivity contribution < 1.29 is 5.11 Å². The van der Waals surface area contributed by atoms with Gasteiger partial charge in [0, 0.05) is 6.42 Å². The van der Waals surface area contributed by atoms with E-state index in [1.54, 1.807) is 24.3 Å². The molecule has 0 aromatic heterocycles. The number of hydrogen-bond donors (Lipinski definition) is 1. The lowest BCUT2D eigenvalue weighted by Crippen LogP contribution is -1.95. The van der Waals surface area contributed by atoms with E-state index in [4.69, 9.17) is 11.7 Å². The van der Waals surface area contributed by atoms with Crippen molar-refractivity contribution in [1.82, 2.24) is 0 Å². The molecule has 2 nitrogen and oxygen atoms in total. The van der Waals surface area contributed by atoms with Crippen LogP contribution >= 0.6 is 0 Å². The van der Waals surface area contributed by atoms with Crippen molar-refractivity contribution in [2.24, 2.45) is 0 Å². The van der Waals surface area contributed by atoms with Gasteiger partial charge in [-0.15, -0.1) is 12.3 Å². The second-order valence-electron chi connectivity index (χ2n) is 2.66. The summed E-state index contributed by atoms with van der Waals surface area (Å²) in [6, 6.07) is 8.81. The lowest BCUT2D eigenvalue weighted by atomic mass is 10.0. The van der Waals surface area contributed by atoms with Gasteiger partial charge in [0.05, 0.1) is 17.7 Å². The highest BCUT2D eigenvalue weighted by atomic mass is 16.3. The van der Waals surface area contributed by atoms with Gasteiger partial charge in [-0.1, -0.05) is 12.1 Å². The number of benzene rings is 1. The van der Waals surface area contributed by atoms with E-state index >= 15 is 0 Å². The molecule has 2 heteroatoms. The fourth-order valence-corrected chi connectivity index (χ4v) is 1.04. The summed E-state index contributed by atoms with van der Waals surface area (Å²) in [5.41, 5.74) is 1.23. The Morgan fingerprint density at radius 1 is 1.54 bits per heavy atom. The minimum atomic E-state index is -0.668. The predicted octanol–water partition coefficient (Wildman–Crippen LogP) is 1.61. The van der Waals surface area contributed by atoms with Crippen molar-refractivity contribution in [3.63, 3.8) is 0 Å². The van der Waals surface area contributed by atoms with Gasteiger partial charge >= 0.3 is 0 Å². The molecule has 0 aliphatic heterocycles. The minimum Gasteiger partial charge on any atom is -0.387 e. The predicted molar refractivity (Wildman–Crippen MR) is 49.6 cm³/mol. The molecule has 1 N–H and O–H groups in total. The second-order valence-corrected chi connectivity index (χ2v) is 2.66. The van der Waals surface area contributed by atoms with Crippen LogP contribution in [-0.2, 0) is 0 Å². The Morgan fingerprint density at radius 2 is 2.31 bits per heavy atom. The molecule has 1 atom stereocenters. The van der Waals surface area contributed by atoms with Gasteiger partial charge in [0.25, 0.3) is 0 Å². The Hall–Kier alpha value is -1.77. The van der Waals surface area contributed by atoms with Crippen LogP contribution in [-0.4, -0.2) is 5.11 Å². The number of aliphatic hydroxyl groups is 1. The Labute approximate surface area is 77.4 Å². The van der Waals surface area contributed by atoms with Crippen molar-refractivity contribution in [1.29, 1.82) is 5.26 Å². The van der Waals surface area contributed by atoms with Crippen molar-refractivity contribution in [2.75, 3.05) is 0 Å².